The lowest BCUT2D eigenvalue weighted by molar-refractivity contribution is 0.0527. The van der Waals surface area contributed by atoms with Gasteiger partial charge in [-0.3, -0.25) is 0 Å². The zero-order valence-electron chi connectivity index (χ0n) is 12.2. The maximum absolute atomic E-state index is 11.9. The van der Waals surface area contributed by atoms with Gasteiger partial charge < -0.3 is 20.5 Å². The Bertz CT molecular complexity index is 531. The van der Waals surface area contributed by atoms with E-state index in [4.69, 9.17) is 15.2 Å². The van der Waals surface area contributed by atoms with Crippen molar-refractivity contribution < 1.29 is 14.3 Å². The fourth-order valence-electron chi connectivity index (χ4n) is 2.81. The largest absolute Gasteiger partial charge is 0.462 e. The molecule has 1 aromatic heterocycles. The van der Waals surface area contributed by atoms with Crippen LogP contribution < -0.4 is 11.1 Å². The molecule has 1 aliphatic carbocycles. The van der Waals surface area contributed by atoms with Crippen LogP contribution in [0.2, 0.25) is 0 Å². The molecule has 2 fully saturated rings. The van der Waals surface area contributed by atoms with Crippen LogP contribution in [0.1, 0.15) is 36.5 Å². The Morgan fingerprint density at radius 3 is 3.05 bits per heavy atom. The van der Waals surface area contributed by atoms with Gasteiger partial charge in [0.25, 0.3) is 0 Å². The molecular weight excluding hydrogens is 270 g/mol. The van der Waals surface area contributed by atoms with Gasteiger partial charge in [0.05, 0.1) is 30.0 Å². The van der Waals surface area contributed by atoms with Crippen LogP contribution in [0.25, 0.3) is 0 Å². The van der Waals surface area contributed by atoms with Crippen molar-refractivity contribution in [3.8, 4) is 0 Å². The molecule has 6 heteroatoms. The van der Waals surface area contributed by atoms with E-state index >= 15 is 0 Å². The standard InChI is InChI=1S/C15H21N3O3/c1-2-20-15(19)10-5-7-17-14(12(10)16)18-11-6-8-21-13(11)9-3-4-9/h5,7,9,11,13H,2-4,6,8,16H2,1H3,(H,17,18). The molecule has 0 bridgehead atoms. The van der Waals surface area contributed by atoms with Gasteiger partial charge in [0.1, 0.15) is 5.82 Å². The number of carbonyl (C=O) groups excluding carboxylic acids is 1. The molecule has 1 aliphatic heterocycles. The molecule has 1 aromatic rings. The first-order chi connectivity index (χ1) is 10.2. The van der Waals surface area contributed by atoms with Crippen molar-refractivity contribution in [3.63, 3.8) is 0 Å². The number of anilines is 2. The summed E-state index contributed by atoms with van der Waals surface area (Å²) in [6, 6.07) is 1.80. The van der Waals surface area contributed by atoms with Gasteiger partial charge in [-0.05, 0) is 38.2 Å². The van der Waals surface area contributed by atoms with Crippen molar-refractivity contribution in [2.45, 2.75) is 38.3 Å². The van der Waals surface area contributed by atoms with Gasteiger partial charge in [0, 0.05) is 12.8 Å². The highest BCUT2D eigenvalue weighted by Gasteiger charge is 2.41. The van der Waals surface area contributed by atoms with E-state index in [-0.39, 0.29) is 12.1 Å². The number of carbonyl (C=O) groups is 1. The highest BCUT2D eigenvalue weighted by Crippen LogP contribution is 2.39. The molecule has 0 radical (unpaired) electrons. The van der Waals surface area contributed by atoms with Crippen molar-refractivity contribution in [2.24, 2.45) is 5.92 Å². The van der Waals surface area contributed by atoms with Crippen LogP contribution in [-0.2, 0) is 9.47 Å². The minimum atomic E-state index is -0.415. The maximum Gasteiger partial charge on any atom is 0.340 e. The summed E-state index contributed by atoms with van der Waals surface area (Å²) in [4.78, 5) is 16.1. The fraction of sp³-hybridized carbons (Fsp3) is 0.600. The first kappa shape index (κ1) is 14.1. The minimum absolute atomic E-state index is 0.213. The minimum Gasteiger partial charge on any atom is -0.462 e. The number of hydrogen-bond donors (Lipinski definition) is 2. The average molecular weight is 291 g/mol. The lowest BCUT2D eigenvalue weighted by Crippen LogP contribution is -2.31. The molecule has 0 spiro atoms. The molecule has 0 aromatic carbocycles. The Balaban J connectivity index is 1.76. The number of esters is 1. The summed E-state index contributed by atoms with van der Waals surface area (Å²) in [5.41, 5.74) is 6.77. The summed E-state index contributed by atoms with van der Waals surface area (Å²) >= 11 is 0. The number of rotatable bonds is 5. The van der Waals surface area contributed by atoms with Crippen LogP contribution in [0.5, 0.6) is 0 Å². The predicted octanol–water partition coefficient (Wildman–Crippen LogP) is 1.82. The number of nitrogen functional groups attached to an aromatic ring is 1. The molecule has 2 aliphatic rings. The molecule has 1 saturated heterocycles. The van der Waals surface area contributed by atoms with Crippen LogP contribution in [0.3, 0.4) is 0 Å². The fourth-order valence-corrected chi connectivity index (χ4v) is 2.81. The molecule has 3 N–H and O–H groups in total. The summed E-state index contributed by atoms with van der Waals surface area (Å²) in [5.74, 6) is 0.781. The molecule has 2 atom stereocenters. The molecular formula is C15H21N3O3. The molecule has 1 saturated carbocycles. The summed E-state index contributed by atoms with van der Waals surface area (Å²) in [6.45, 7) is 2.85. The number of nitrogens with one attached hydrogen (secondary N) is 1. The van der Waals surface area contributed by atoms with Gasteiger partial charge in [0.15, 0.2) is 0 Å². The summed E-state index contributed by atoms with van der Waals surface area (Å²) in [6.07, 6.45) is 5.21. The first-order valence-corrected chi connectivity index (χ1v) is 7.50. The van der Waals surface area contributed by atoms with Gasteiger partial charge >= 0.3 is 5.97 Å². The molecule has 6 nitrogen and oxygen atoms in total. The van der Waals surface area contributed by atoms with Crippen molar-refractivity contribution >= 4 is 17.5 Å². The second-order valence-electron chi connectivity index (χ2n) is 5.55. The monoisotopic (exact) mass is 291 g/mol. The normalized spacial score (nSPS) is 24.8. The van der Waals surface area contributed by atoms with Gasteiger partial charge in [0.2, 0.25) is 0 Å². The van der Waals surface area contributed by atoms with Crippen LogP contribution in [-0.4, -0.2) is 36.3 Å². The van der Waals surface area contributed by atoms with E-state index in [2.05, 4.69) is 10.3 Å². The lowest BCUT2D eigenvalue weighted by Gasteiger charge is -2.21. The van der Waals surface area contributed by atoms with E-state index in [1.807, 2.05) is 0 Å². The van der Waals surface area contributed by atoms with E-state index < -0.39 is 5.97 Å². The van der Waals surface area contributed by atoms with Crippen LogP contribution in [0.15, 0.2) is 12.3 Å². The van der Waals surface area contributed by atoms with E-state index in [0.717, 1.165) is 13.0 Å². The Labute approximate surface area is 124 Å². The SMILES string of the molecule is CCOC(=O)c1ccnc(NC2CCOC2C2CC2)c1N. The number of aromatic nitrogens is 1. The lowest BCUT2D eigenvalue weighted by atomic mass is 10.1. The number of hydrogen-bond acceptors (Lipinski definition) is 6. The molecule has 2 heterocycles. The Morgan fingerprint density at radius 2 is 2.33 bits per heavy atom. The van der Waals surface area contributed by atoms with Gasteiger partial charge in [-0.1, -0.05) is 0 Å². The van der Waals surface area contributed by atoms with E-state index in [9.17, 15) is 4.79 Å². The zero-order valence-corrected chi connectivity index (χ0v) is 12.2. The van der Waals surface area contributed by atoms with Gasteiger partial charge in [-0.25, -0.2) is 9.78 Å². The Morgan fingerprint density at radius 1 is 1.52 bits per heavy atom. The third-order valence-electron chi connectivity index (χ3n) is 4.03. The summed E-state index contributed by atoms with van der Waals surface area (Å²) in [7, 11) is 0. The van der Waals surface area contributed by atoms with Crippen LogP contribution in [0, 0.1) is 5.92 Å². The Kier molecular flexibility index (Phi) is 3.96. The summed E-state index contributed by atoms with van der Waals surface area (Å²) in [5, 5.41) is 3.35. The average Bonchev–Trinajstić information content (AvgIpc) is 3.21. The number of nitrogens with zero attached hydrogens (tertiary/aromatic N) is 1. The second-order valence-corrected chi connectivity index (χ2v) is 5.55. The Hall–Kier alpha value is -1.82. The number of nitrogens with two attached hydrogens (primary N) is 1. The van der Waals surface area contributed by atoms with Crippen molar-refractivity contribution in [1.82, 2.24) is 4.98 Å². The zero-order chi connectivity index (χ0) is 14.8. The quantitative estimate of drug-likeness (QED) is 0.805. The van der Waals surface area contributed by atoms with Crippen molar-refractivity contribution in [3.05, 3.63) is 17.8 Å². The topological polar surface area (TPSA) is 86.5 Å². The maximum atomic E-state index is 11.9. The van der Waals surface area contributed by atoms with E-state index in [1.54, 1.807) is 19.2 Å². The molecule has 3 rings (SSSR count). The van der Waals surface area contributed by atoms with Crippen molar-refractivity contribution in [2.75, 3.05) is 24.3 Å². The smallest absolute Gasteiger partial charge is 0.340 e. The van der Waals surface area contributed by atoms with E-state index in [0.29, 0.717) is 29.6 Å². The third kappa shape index (κ3) is 2.95. The number of pyridine rings is 1. The molecule has 2 unspecified atom stereocenters. The van der Waals surface area contributed by atoms with Crippen LogP contribution in [0.4, 0.5) is 11.5 Å². The highest BCUT2D eigenvalue weighted by atomic mass is 16.5. The molecule has 21 heavy (non-hydrogen) atoms. The van der Waals surface area contributed by atoms with Gasteiger partial charge in [-0.15, -0.1) is 0 Å². The number of ether oxygens (including phenoxy) is 2. The van der Waals surface area contributed by atoms with Gasteiger partial charge in [-0.2, -0.15) is 0 Å². The first-order valence-electron chi connectivity index (χ1n) is 7.50. The second kappa shape index (κ2) is 5.89. The van der Waals surface area contributed by atoms with E-state index in [1.165, 1.54) is 12.8 Å². The third-order valence-corrected chi connectivity index (χ3v) is 4.03. The van der Waals surface area contributed by atoms with Crippen molar-refractivity contribution in [1.29, 1.82) is 0 Å². The summed E-state index contributed by atoms with van der Waals surface area (Å²) < 4.78 is 10.8. The highest BCUT2D eigenvalue weighted by molar-refractivity contribution is 5.97. The predicted molar refractivity (Wildman–Crippen MR) is 79.1 cm³/mol. The molecule has 114 valence electrons. The molecule has 0 amide bonds. The van der Waals surface area contributed by atoms with Crippen LogP contribution >= 0.6 is 0 Å².